The van der Waals surface area contributed by atoms with E-state index in [0.717, 1.165) is 6.42 Å². The summed E-state index contributed by atoms with van der Waals surface area (Å²) in [6.45, 7) is 4.56. The van der Waals surface area contributed by atoms with Gasteiger partial charge in [-0.2, -0.15) is 0 Å². The first-order valence-corrected chi connectivity index (χ1v) is 5.69. The van der Waals surface area contributed by atoms with Gasteiger partial charge in [-0.1, -0.05) is 26.0 Å². The van der Waals surface area contributed by atoms with E-state index in [1.165, 1.54) is 18.2 Å². The smallest absolute Gasteiger partial charge is 0.403 e. The van der Waals surface area contributed by atoms with Crippen molar-refractivity contribution in [1.29, 1.82) is 0 Å². The van der Waals surface area contributed by atoms with Crippen molar-refractivity contribution in [2.24, 2.45) is 5.92 Å². The van der Waals surface area contributed by atoms with E-state index < -0.39 is 11.0 Å². The molecule has 0 atom stereocenters. The van der Waals surface area contributed by atoms with Gasteiger partial charge in [-0.25, -0.2) is 4.79 Å². The van der Waals surface area contributed by atoms with Crippen molar-refractivity contribution in [3.05, 3.63) is 34.4 Å². The Bertz CT molecular complexity index is 432. The van der Waals surface area contributed by atoms with Gasteiger partial charge in [-0.3, -0.25) is 10.1 Å². The maximum absolute atomic E-state index is 11.4. The molecule has 0 radical (unpaired) electrons. The lowest BCUT2D eigenvalue weighted by Gasteiger charge is -2.08. The van der Waals surface area contributed by atoms with Gasteiger partial charge in [-0.05, 0) is 18.4 Å². The van der Waals surface area contributed by atoms with Crippen LogP contribution in [0.3, 0.4) is 0 Å². The number of carbonyl (C=O) groups is 1. The summed E-state index contributed by atoms with van der Waals surface area (Å²) in [5, 5.41) is 13.2. The van der Waals surface area contributed by atoms with E-state index in [1.54, 1.807) is 6.07 Å². The molecule has 1 amide bonds. The molecule has 0 saturated heterocycles. The number of nitrogens with zero attached hydrogens (tertiary/aromatic N) is 1. The number of hydrogen-bond acceptors (Lipinski definition) is 4. The fourth-order valence-electron chi connectivity index (χ4n) is 1.29. The van der Waals surface area contributed by atoms with Gasteiger partial charge < -0.3 is 10.1 Å². The molecule has 98 valence electrons. The van der Waals surface area contributed by atoms with Crippen LogP contribution in [0.1, 0.15) is 20.3 Å². The Kier molecular flexibility index (Phi) is 5.10. The highest BCUT2D eigenvalue weighted by atomic mass is 16.6. The van der Waals surface area contributed by atoms with Crippen LogP contribution >= 0.6 is 0 Å². The molecular weight excluding hydrogens is 236 g/mol. The molecule has 0 aliphatic carbocycles. The quantitative estimate of drug-likeness (QED) is 0.645. The lowest BCUT2D eigenvalue weighted by Crippen LogP contribution is -2.28. The average Bonchev–Trinajstić information content (AvgIpc) is 2.28. The van der Waals surface area contributed by atoms with Gasteiger partial charge in [0.05, 0.1) is 4.92 Å². The molecule has 0 saturated carbocycles. The topological polar surface area (TPSA) is 81.5 Å². The van der Waals surface area contributed by atoms with Gasteiger partial charge in [0, 0.05) is 12.6 Å². The summed E-state index contributed by atoms with van der Waals surface area (Å²) in [6, 6.07) is 5.77. The second-order valence-corrected chi connectivity index (χ2v) is 4.22. The van der Waals surface area contributed by atoms with Crippen LogP contribution in [-0.2, 0) is 0 Å². The summed E-state index contributed by atoms with van der Waals surface area (Å²) in [5.41, 5.74) is -0.225. The molecule has 0 aromatic heterocycles. The predicted molar refractivity (Wildman–Crippen MR) is 66.6 cm³/mol. The minimum atomic E-state index is -0.676. The third-order valence-electron chi connectivity index (χ3n) is 2.26. The van der Waals surface area contributed by atoms with Crippen molar-refractivity contribution >= 4 is 11.8 Å². The van der Waals surface area contributed by atoms with Crippen LogP contribution in [0.15, 0.2) is 24.3 Å². The molecular formula is C12H16N2O4. The number of nitrogens with one attached hydrogen (secondary N) is 1. The van der Waals surface area contributed by atoms with Gasteiger partial charge in [0.25, 0.3) is 0 Å². The van der Waals surface area contributed by atoms with E-state index in [4.69, 9.17) is 4.74 Å². The molecule has 0 heterocycles. The molecule has 0 unspecified atom stereocenters. The molecule has 0 fully saturated rings. The molecule has 1 aromatic rings. The highest BCUT2D eigenvalue weighted by molar-refractivity contribution is 5.71. The van der Waals surface area contributed by atoms with Crippen molar-refractivity contribution in [2.45, 2.75) is 20.3 Å². The zero-order chi connectivity index (χ0) is 13.5. The first-order valence-electron chi connectivity index (χ1n) is 5.69. The first kappa shape index (κ1) is 14.0. The molecule has 6 nitrogen and oxygen atoms in total. The lowest BCUT2D eigenvalue weighted by atomic mass is 10.1. The highest BCUT2D eigenvalue weighted by Gasteiger charge is 2.16. The van der Waals surface area contributed by atoms with Crippen molar-refractivity contribution in [2.75, 3.05) is 6.54 Å². The second-order valence-electron chi connectivity index (χ2n) is 4.22. The normalized spacial score (nSPS) is 10.2. The Morgan fingerprint density at radius 3 is 2.72 bits per heavy atom. The SMILES string of the molecule is CC(C)CCNC(=O)Oc1ccccc1[N+](=O)[O-]. The minimum Gasteiger partial charge on any atom is -0.403 e. The van der Waals surface area contributed by atoms with Crippen molar-refractivity contribution in [1.82, 2.24) is 5.32 Å². The zero-order valence-electron chi connectivity index (χ0n) is 10.4. The Morgan fingerprint density at radius 2 is 2.11 bits per heavy atom. The van der Waals surface area contributed by atoms with Crippen LogP contribution in [0.4, 0.5) is 10.5 Å². The Hall–Kier alpha value is -2.11. The molecule has 1 rings (SSSR count). The second kappa shape index (κ2) is 6.58. The largest absolute Gasteiger partial charge is 0.412 e. The third kappa shape index (κ3) is 4.40. The number of ether oxygens (including phenoxy) is 1. The zero-order valence-corrected chi connectivity index (χ0v) is 10.4. The molecule has 0 aliphatic heterocycles. The summed E-state index contributed by atoms with van der Waals surface area (Å²) in [4.78, 5) is 21.5. The van der Waals surface area contributed by atoms with E-state index in [1.807, 2.05) is 13.8 Å². The number of hydrogen-bond donors (Lipinski definition) is 1. The van der Waals surface area contributed by atoms with Gasteiger partial charge in [0.15, 0.2) is 0 Å². The van der Waals surface area contributed by atoms with Crippen LogP contribution < -0.4 is 10.1 Å². The van der Waals surface area contributed by atoms with Crippen molar-refractivity contribution in [3.8, 4) is 5.75 Å². The van der Waals surface area contributed by atoms with E-state index in [-0.39, 0.29) is 11.4 Å². The molecule has 0 aliphatic rings. The molecule has 18 heavy (non-hydrogen) atoms. The lowest BCUT2D eigenvalue weighted by molar-refractivity contribution is -0.385. The van der Waals surface area contributed by atoms with Gasteiger partial charge >= 0.3 is 11.8 Å². The molecule has 0 spiro atoms. The minimum absolute atomic E-state index is 0.0513. The van der Waals surface area contributed by atoms with E-state index in [9.17, 15) is 14.9 Å². The van der Waals surface area contributed by atoms with E-state index in [2.05, 4.69) is 5.32 Å². The molecule has 1 N–H and O–H groups in total. The molecule has 1 aromatic carbocycles. The number of carbonyl (C=O) groups excluding carboxylic acids is 1. The number of amides is 1. The van der Waals surface area contributed by atoms with Gasteiger partial charge in [-0.15, -0.1) is 0 Å². The number of rotatable bonds is 5. The Balaban J connectivity index is 2.56. The maximum atomic E-state index is 11.4. The Labute approximate surface area is 105 Å². The van der Waals surface area contributed by atoms with E-state index in [0.29, 0.717) is 12.5 Å². The predicted octanol–water partition coefficient (Wildman–Crippen LogP) is 2.73. The third-order valence-corrected chi connectivity index (χ3v) is 2.26. The van der Waals surface area contributed by atoms with Crippen LogP contribution in [-0.4, -0.2) is 17.6 Å². The Morgan fingerprint density at radius 1 is 1.44 bits per heavy atom. The van der Waals surface area contributed by atoms with Crippen LogP contribution in [0, 0.1) is 16.0 Å². The number of nitro benzene ring substituents is 1. The molecule has 6 heteroatoms. The maximum Gasteiger partial charge on any atom is 0.412 e. The first-order chi connectivity index (χ1) is 8.50. The summed E-state index contributed by atoms with van der Waals surface area (Å²) >= 11 is 0. The van der Waals surface area contributed by atoms with E-state index >= 15 is 0 Å². The summed E-state index contributed by atoms with van der Waals surface area (Å²) < 4.78 is 4.90. The fourth-order valence-corrected chi connectivity index (χ4v) is 1.29. The van der Waals surface area contributed by atoms with Crippen LogP contribution in [0.25, 0.3) is 0 Å². The summed E-state index contributed by atoms with van der Waals surface area (Å²) in [7, 11) is 0. The summed E-state index contributed by atoms with van der Waals surface area (Å²) in [6.07, 6.45) is 0.149. The molecule has 0 bridgehead atoms. The van der Waals surface area contributed by atoms with Gasteiger partial charge in [0.2, 0.25) is 5.75 Å². The van der Waals surface area contributed by atoms with Crippen LogP contribution in [0.2, 0.25) is 0 Å². The fraction of sp³-hybridized carbons (Fsp3) is 0.417. The average molecular weight is 252 g/mol. The summed E-state index contributed by atoms with van der Waals surface area (Å²) in [5.74, 6) is 0.418. The number of para-hydroxylation sites is 2. The van der Waals surface area contributed by atoms with Crippen molar-refractivity contribution in [3.63, 3.8) is 0 Å². The highest BCUT2D eigenvalue weighted by Crippen LogP contribution is 2.25. The van der Waals surface area contributed by atoms with Crippen molar-refractivity contribution < 1.29 is 14.5 Å². The standard InChI is InChI=1S/C12H16N2O4/c1-9(2)7-8-13-12(15)18-11-6-4-3-5-10(11)14(16)17/h3-6,9H,7-8H2,1-2H3,(H,13,15). The van der Waals surface area contributed by atoms with Gasteiger partial charge in [0.1, 0.15) is 0 Å². The monoisotopic (exact) mass is 252 g/mol. The number of nitro groups is 1. The number of benzene rings is 1. The van der Waals surface area contributed by atoms with Crippen LogP contribution in [0.5, 0.6) is 5.75 Å².